The molecule has 13 heavy (non-hydrogen) atoms. The molecule has 0 radical (unpaired) electrons. The van der Waals surface area contributed by atoms with Crippen molar-refractivity contribution in [2.75, 3.05) is 14.1 Å². The van der Waals surface area contributed by atoms with Crippen molar-refractivity contribution in [1.29, 1.82) is 0 Å². The molecule has 70 valence electrons. The first-order chi connectivity index (χ1) is 6.24. The van der Waals surface area contributed by atoms with Gasteiger partial charge in [0.1, 0.15) is 0 Å². The number of rotatable bonds is 4. The van der Waals surface area contributed by atoms with Gasteiger partial charge in [0.2, 0.25) is 0 Å². The standard InChI is InChI=1S/C9H13N3O/c1-11(2)12(10-13)8-9-6-4-3-5-7-9/h3-7H,8H2,1-2H3. The van der Waals surface area contributed by atoms with Crippen LogP contribution in [0.2, 0.25) is 0 Å². The van der Waals surface area contributed by atoms with Crippen molar-refractivity contribution in [2.45, 2.75) is 6.54 Å². The van der Waals surface area contributed by atoms with Crippen LogP contribution in [0.3, 0.4) is 0 Å². The van der Waals surface area contributed by atoms with Crippen LogP contribution in [0, 0.1) is 4.91 Å². The molecule has 0 amide bonds. The van der Waals surface area contributed by atoms with Gasteiger partial charge in [-0.25, -0.2) is 5.01 Å². The molecule has 0 aliphatic heterocycles. The van der Waals surface area contributed by atoms with E-state index in [-0.39, 0.29) is 0 Å². The Kier molecular flexibility index (Phi) is 3.40. The van der Waals surface area contributed by atoms with Crippen molar-refractivity contribution < 1.29 is 0 Å². The van der Waals surface area contributed by atoms with Gasteiger partial charge in [-0.3, -0.25) is 0 Å². The maximum absolute atomic E-state index is 10.4. The summed E-state index contributed by atoms with van der Waals surface area (Å²) in [4.78, 5) is 10.4. The Hall–Kier alpha value is -1.42. The van der Waals surface area contributed by atoms with Crippen molar-refractivity contribution >= 4 is 0 Å². The van der Waals surface area contributed by atoms with Gasteiger partial charge in [-0.15, -0.1) is 4.91 Å². The Bertz CT molecular complexity index is 261. The second-order valence-electron chi connectivity index (χ2n) is 2.94. The highest BCUT2D eigenvalue weighted by Gasteiger charge is 2.05. The van der Waals surface area contributed by atoms with Crippen LogP contribution >= 0.6 is 0 Å². The van der Waals surface area contributed by atoms with Gasteiger partial charge in [-0.2, -0.15) is 5.12 Å². The molecular weight excluding hydrogens is 166 g/mol. The van der Waals surface area contributed by atoms with Crippen molar-refractivity contribution in [2.24, 2.45) is 5.29 Å². The molecule has 0 aromatic heterocycles. The van der Waals surface area contributed by atoms with Crippen molar-refractivity contribution in [1.82, 2.24) is 10.1 Å². The molecule has 0 aliphatic rings. The first-order valence-corrected chi connectivity index (χ1v) is 4.06. The number of hydrogen-bond acceptors (Lipinski definition) is 3. The number of nitroso groups, excluding NO2 is 1. The molecule has 4 heteroatoms. The van der Waals surface area contributed by atoms with Gasteiger partial charge >= 0.3 is 0 Å². The first kappa shape index (κ1) is 9.67. The lowest BCUT2D eigenvalue weighted by Crippen LogP contribution is -2.31. The molecule has 1 rings (SSSR count). The van der Waals surface area contributed by atoms with Gasteiger partial charge in [0.05, 0.1) is 11.8 Å². The second kappa shape index (κ2) is 4.57. The predicted octanol–water partition coefficient (Wildman–Crippen LogP) is 1.65. The summed E-state index contributed by atoms with van der Waals surface area (Å²) < 4.78 is 0. The summed E-state index contributed by atoms with van der Waals surface area (Å²) in [5.74, 6) is 0. The Morgan fingerprint density at radius 1 is 1.23 bits per heavy atom. The smallest absolute Gasteiger partial charge is 0.0818 e. The fourth-order valence-corrected chi connectivity index (χ4v) is 0.990. The predicted molar refractivity (Wildman–Crippen MR) is 51.5 cm³/mol. The van der Waals surface area contributed by atoms with Gasteiger partial charge in [-0.05, 0) is 5.56 Å². The van der Waals surface area contributed by atoms with Crippen molar-refractivity contribution in [3.63, 3.8) is 0 Å². The maximum atomic E-state index is 10.4. The lowest BCUT2D eigenvalue weighted by atomic mass is 10.2. The number of hydrogen-bond donors (Lipinski definition) is 0. The van der Waals surface area contributed by atoms with E-state index in [0.717, 1.165) is 5.56 Å². The minimum atomic E-state index is 0.511. The Balaban J connectivity index is 2.62. The zero-order chi connectivity index (χ0) is 9.68. The SMILES string of the molecule is CN(C)N(Cc1ccccc1)N=O. The van der Waals surface area contributed by atoms with Gasteiger partial charge in [0.25, 0.3) is 0 Å². The number of benzene rings is 1. The third-order valence-corrected chi connectivity index (χ3v) is 1.72. The van der Waals surface area contributed by atoms with Crippen LogP contribution in [0.1, 0.15) is 5.56 Å². The summed E-state index contributed by atoms with van der Waals surface area (Å²) in [5.41, 5.74) is 1.07. The fraction of sp³-hybridized carbons (Fsp3) is 0.333. The average Bonchev–Trinajstić information content (AvgIpc) is 2.15. The quantitative estimate of drug-likeness (QED) is 0.520. The fourth-order valence-electron chi connectivity index (χ4n) is 0.990. The summed E-state index contributed by atoms with van der Waals surface area (Å²) in [6, 6.07) is 9.74. The maximum Gasteiger partial charge on any atom is 0.0818 e. The molecule has 0 saturated carbocycles. The van der Waals surface area contributed by atoms with Crippen LogP contribution in [0.15, 0.2) is 35.6 Å². The molecular formula is C9H13N3O. The topological polar surface area (TPSA) is 35.9 Å². The molecule has 4 nitrogen and oxygen atoms in total. The highest BCUT2D eigenvalue weighted by molar-refractivity contribution is 5.14. The molecule has 0 aliphatic carbocycles. The number of hydrazine groups is 1. The van der Waals surface area contributed by atoms with E-state index in [1.165, 1.54) is 5.12 Å². The van der Waals surface area contributed by atoms with E-state index in [2.05, 4.69) is 5.29 Å². The average molecular weight is 179 g/mol. The normalized spacial score (nSPS) is 10.1. The van der Waals surface area contributed by atoms with Crippen LogP contribution in [-0.4, -0.2) is 24.2 Å². The van der Waals surface area contributed by atoms with E-state index < -0.39 is 0 Å². The monoisotopic (exact) mass is 179 g/mol. The van der Waals surface area contributed by atoms with Crippen molar-refractivity contribution in [3.05, 3.63) is 40.8 Å². The lowest BCUT2D eigenvalue weighted by Gasteiger charge is -2.21. The van der Waals surface area contributed by atoms with Gasteiger partial charge in [-0.1, -0.05) is 30.3 Å². The van der Waals surface area contributed by atoms with Gasteiger partial charge < -0.3 is 0 Å². The van der Waals surface area contributed by atoms with Crippen LogP contribution in [-0.2, 0) is 6.54 Å². The minimum Gasteiger partial charge on any atom is -0.208 e. The summed E-state index contributed by atoms with van der Waals surface area (Å²) in [6.07, 6.45) is 0. The zero-order valence-corrected chi connectivity index (χ0v) is 7.84. The van der Waals surface area contributed by atoms with E-state index in [1.807, 2.05) is 30.3 Å². The van der Waals surface area contributed by atoms with Crippen LogP contribution in [0.25, 0.3) is 0 Å². The van der Waals surface area contributed by atoms with E-state index in [0.29, 0.717) is 6.54 Å². The van der Waals surface area contributed by atoms with E-state index in [4.69, 9.17) is 0 Å². The second-order valence-corrected chi connectivity index (χ2v) is 2.94. The minimum absolute atomic E-state index is 0.511. The van der Waals surface area contributed by atoms with E-state index in [1.54, 1.807) is 19.1 Å². The molecule has 0 saturated heterocycles. The summed E-state index contributed by atoms with van der Waals surface area (Å²) in [7, 11) is 3.56. The Morgan fingerprint density at radius 2 is 1.85 bits per heavy atom. The number of nitrogens with zero attached hydrogens (tertiary/aromatic N) is 3. The first-order valence-electron chi connectivity index (χ1n) is 4.06. The summed E-state index contributed by atoms with van der Waals surface area (Å²) in [5, 5.41) is 5.90. The van der Waals surface area contributed by atoms with Gasteiger partial charge in [0, 0.05) is 14.1 Å². The molecule has 1 aromatic rings. The molecule has 0 heterocycles. The summed E-state index contributed by atoms with van der Waals surface area (Å²) >= 11 is 0. The molecule has 0 spiro atoms. The third kappa shape index (κ3) is 2.83. The van der Waals surface area contributed by atoms with E-state index >= 15 is 0 Å². The molecule has 0 fully saturated rings. The van der Waals surface area contributed by atoms with Gasteiger partial charge in [0.15, 0.2) is 0 Å². The highest BCUT2D eigenvalue weighted by atomic mass is 16.3. The third-order valence-electron chi connectivity index (χ3n) is 1.72. The molecule has 0 N–H and O–H groups in total. The van der Waals surface area contributed by atoms with Crippen molar-refractivity contribution in [3.8, 4) is 0 Å². The molecule has 0 bridgehead atoms. The van der Waals surface area contributed by atoms with Crippen LogP contribution in [0.4, 0.5) is 0 Å². The lowest BCUT2D eigenvalue weighted by molar-refractivity contribution is 0.0168. The van der Waals surface area contributed by atoms with Crippen LogP contribution < -0.4 is 0 Å². The van der Waals surface area contributed by atoms with E-state index in [9.17, 15) is 4.91 Å². The highest BCUT2D eigenvalue weighted by Crippen LogP contribution is 2.04. The zero-order valence-electron chi connectivity index (χ0n) is 7.84. The largest absolute Gasteiger partial charge is 0.208 e. The Morgan fingerprint density at radius 3 is 2.31 bits per heavy atom. The molecule has 0 unspecified atom stereocenters. The molecule has 0 atom stereocenters. The summed E-state index contributed by atoms with van der Waals surface area (Å²) in [6.45, 7) is 0.511. The molecule has 1 aromatic carbocycles. The Labute approximate surface area is 77.7 Å². The van der Waals surface area contributed by atoms with Crippen LogP contribution in [0.5, 0.6) is 0 Å².